The van der Waals surface area contributed by atoms with Crippen molar-refractivity contribution in [2.75, 3.05) is 0 Å². The number of carbonyl (C=O) groups is 3. The van der Waals surface area contributed by atoms with Crippen molar-refractivity contribution in [1.82, 2.24) is 14.7 Å². The van der Waals surface area contributed by atoms with Gasteiger partial charge in [-0.1, -0.05) is 6.07 Å². The molecule has 30 heavy (non-hydrogen) atoms. The van der Waals surface area contributed by atoms with Gasteiger partial charge in [-0.05, 0) is 59.8 Å². The quantitative estimate of drug-likeness (QED) is 0.566. The van der Waals surface area contributed by atoms with Gasteiger partial charge in [-0.2, -0.15) is 0 Å². The van der Waals surface area contributed by atoms with E-state index in [4.69, 9.17) is 9.47 Å². The van der Waals surface area contributed by atoms with Crippen molar-refractivity contribution >= 4 is 29.6 Å². The average molecular weight is 417 g/mol. The Kier molecular flexibility index (Phi) is 6.54. The first-order valence-corrected chi connectivity index (χ1v) is 9.38. The van der Waals surface area contributed by atoms with E-state index in [9.17, 15) is 19.5 Å². The van der Waals surface area contributed by atoms with Gasteiger partial charge in [-0.3, -0.25) is 10.1 Å². The highest BCUT2D eigenvalue weighted by molar-refractivity contribution is 5.96. The molecule has 0 saturated carbocycles. The second-order valence-corrected chi connectivity index (χ2v) is 8.62. The van der Waals surface area contributed by atoms with Gasteiger partial charge in [0.05, 0.1) is 11.2 Å². The molecule has 0 bridgehead atoms. The Hall–Kier alpha value is -3.36. The van der Waals surface area contributed by atoms with Crippen molar-refractivity contribution in [2.24, 2.45) is 0 Å². The normalized spacial score (nSPS) is 12.5. The molecule has 2 rings (SSSR count). The fraction of sp³-hybridized carbons (Fsp3) is 0.429. The number of alkyl carbamates (subject to hydrolysis) is 1. The van der Waals surface area contributed by atoms with E-state index < -0.39 is 34.9 Å². The Balaban J connectivity index is 2.39. The zero-order valence-electron chi connectivity index (χ0n) is 18.0. The van der Waals surface area contributed by atoms with Crippen LogP contribution in [0.2, 0.25) is 0 Å². The van der Waals surface area contributed by atoms with Crippen LogP contribution in [-0.4, -0.2) is 43.7 Å². The molecule has 0 aliphatic rings. The van der Waals surface area contributed by atoms with Gasteiger partial charge in [0.15, 0.2) is 0 Å². The highest BCUT2D eigenvalue weighted by Crippen LogP contribution is 2.18. The number of fused-ring (bicyclic) bond motifs is 1. The maximum Gasteiger partial charge on any atom is 0.412 e. The second-order valence-electron chi connectivity index (χ2n) is 8.62. The molecule has 0 radical (unpaired) electrons. The number of rotatable bonds is 5. The Morgan fingerprint density at radius 3 is 2.30 bits per heavy atom. The smallest absolute Gasteiger partial charge is 0.412 e. The van der Waals surface area contributed by atoms with Crippen LogP contribution in [-0.2, 0) is 25.5 Å². The summed E-state index contributed by atoms with van der Waals surface area (Å²) in [4.78, 5) is 40.2. The molecule has 2 N–H and O–H groups in total. The maximum atomic E-state index is 12.2. The molecular weight excluding hydrogens is 390 g/mol. The molecule has 9 heteroatoms. The van der Waals surface area contributed by atoms with Crippen LogP contribution < -0.4 is 5.32 Å². The van der Waals surface area contributed by atoms with Crippen molar-refractivity contribution in [2.45, 2.75) is 59.2 Å². The lowest BCUT2D eigenvalue weighted by molar-refractivity contribution is -0.154. The SMILES string of the molecule is CC(C)(C)OC(=O)Cc1nc(/C=C(\NC(=O)OC(C)(C)C)C(=O)O)c2ccccn12. The molecule has 0 fully saturated rings. The van der Waals surface area contributed by atoms with Crippen LogP contribution in [0.3, 0.4) is 0 Å². The minimum Gasteiger partial charge on any atom is -0.477 e. The predicted octanol–water partition coefficient (Wildman–Crippen LogP) is 3.17. The summed E-state index contributed by atoms with van der Waals surface area (Å²) in [5, 5.41) is 11.7. The number of ether oxygens (including phenoxy) is 2. The molecule has 9 nitrogen and oxygen atoms in total. The number of carboxylic acid groups (broad SMARTS) is 1. The Bertz CT molecular complexity index is 992. The molecule has 0 atom stereocenters. The summed E-state index contributed by atoms with van der Waals surface area (Å²) >= 11 is 0. The fourth-order valence-electron chi connectivity index (χ4n) is 2.57. The number of carbonyl (C=O) groups excluding carboxylic acids is 2. The third-order valence-corrected chi connectivity index (χ3v) is 3.52. The summed E-state index contributed by atoms with van der Waals surface area (Å²) in [5.74, 6) is -1.43. The number of pyridine rings is 1. The number of nitrogens with one attached hydrogen (secondary N) is 1. The van der Waals surface area contributed by atoms with Gasteiger partial charge in [0.2, 0.25) is 0 Å². The van der Waals surface area contributed by atoms with Crippen LogP contribution in [0.4, 0.5) is 4.79 Å². The van der Waals surface area contributed by atoms with Gasteiger partial charge in [-0.25, -0.2) is 14.6 Å². The molecule has 0 aliphatic heterocycles. The van der Waals surface area contributed by atoms with Crippen LogP contribution in [0.5, 0.6) is 0 Å². The molecule has 2 heterocycles. The number of hydrogen-bond acceptors (Lipinski definition) is 6. The van der Waals surface area contributed by atoms with Crippen molar-refractivity contribution in [3.05, 3.63) is 41.6 Å². The van der Waals surface area contributed by atoms with Crippen LogP contribution in [0.15, 0.2) is 30.1 Å². The van der Waals surface area contributed by atoms with E-state index in [2.05, 4.69) is 10.3 Å². The highest BCUT2D eigenvalue weighted by Gasteiger charge is 2.22. The number of aromatic nitrogens is 2. The molecule has 162 valence electrons. The topological polar surface area (TPSA) is 119 Å². The van der Waals surface area contributed by atoms with Crippen LogP contribution in [0, 0.1) is 0 Å². The largest absolute Gasteiger partial charge is 0.477 e. The molecule has 0 aliphatic carbocycles. The zero-order valence-corrected chi connectivity index (χ0v) is 18.0. The Morgan fingerprint density at radius 1 is 1.10 bits per heavy atom. The number of esters is 1. The van der Waals surface area contributed by atoms with E-state index in [1.807, 2.05) is 0 Å². The average Bonchev–Trinajstić information content (AvgIpc) is 2.88. The third kappa shape index (κ3) is 6.61. The molecule has 0 saturated heterocycles. The molecule has 0 unspecified atom stereocenters. The van der Waals surface area contributed by atoms with E-state index in [0.717, 1.165) is 0 Å². The zero-order chi connectivity index (χ0) is 22.7. The van der Waals surface area contributed by atoms with E-state index in [1.54, 1.807) is 70.3 Å². The molecule has 1 amide bonds. The molecule has 2 aromatic heterocycles. The number of aliphatic carboxylic acids is 1. The van der Waals surface area contributed by atoms with E-state index in [-0.39, 0.29) is 12.1 Å². The van der Waals surface area contributed by atoms with E-state index in [1.165, 1.54) is 6.08 Å². The van der Waals surface area contributed by atoms with E-state index in [0.29, 0.717) is 11.3 Å². The van der Waals surface area contributed by atoms with Crippen LogP contribution >= 0.6 is 0 Å². The van der Waals surface area contributed by atoms with Gasteiger partial charge in [0, 0.05) is 6.20 Å². The van der Waals surface area contributed by atoms with Crippen molar-refractivity contribution in [3.63, 3.8) is 0 Å². The van der Waals surface area contributed by atoms with E-state index >= 15 is 0 Å². The standard InChI is InChI=1S/C21H27N3O6/c1-20(2,3)29-17(25)12-16-22-13(15-9-7-8-10-24(15)16)11-14(18(26)27)23-19(28)30-21(4,5)6/h7-11H,12H2,1-6H3,(H,23,28)(H,26,27)/b14-11-. The van der Waals surface area contributed by atoms with Crippen LogP contribution in [0.25, 0.3) is 11.6 Å². The predicted molar refractivity (Wildman–Crippen MR) is 110 cm³/mol. The number of amides is 1. The van der Waals surface area contributed by atoms with Gasteiger partial charge in [-0.15, -0.1) is 0 Å². The summed E-state index contributed by atoms with van der Waals surface area (Å²) in [6.07, 6.45) is 1.94. The molecule has 0 aromatic carbocycles. The van der Waals surface area contributed by atoms with Gasteiger partial charge in [0.1, 0.15) is 29.1 Å². The summed E-state index contributed by atoms with van der Waals surface area (Å²) in [6.45, 7) is 10.3. The lowest BCUT2D eigenvalue weighted by atomic mass is 10.2. The Labute approximate surface area is 174 Å². The summed E-state index contributed by atoms with van der Waals surface area (Å²) in [7, 11) is 0. The monoisotopic (exact) mass is 417 g/mol. The maximum absolute atomic E-state index is 12.2. The number of hydrogen-bond donors (Lipinski definition) is 2. The lowest BCUT2D eigenvalue weighted by Crippen LogP contribution is -2.34. The molecular formula is C21H27N3O6. The first-order chi connectivity index (χ1) is 13.7. The first-order valence-electron chi connectivity index (χ1n) is 9.38. The van der Waals surface area contributed by atoms with Gasteiger partial charge in [0.25, 0.3) is 0 Å². The van der Waals surface area contributed by atoms with Crippen molar-refractivity contribution in [3.8, 4) is 0 Å². The number of imidazole rings is 1. The van der Waals surface area contributed by atoms with Gasteiger partial charge < -0.3 is 19.0 Å². The summed E-state index contributed by atoms with van der Waals surface area (Å²) in [6, 6.07) is 5.25. The minimum absolute atomic E-state index is 0.0990. The van der Waals surface area contributed by atoms with Crippen molar-refractivity contribution < 1.29 is 29.0 Å². The van der Waals surface area contributed by atoms with Crippen molar-refractivity contribution in [1.29, 1.82) is 0 Å². The second kappa shape index (κ2) is 8.56. The Morgan fingerprint density at radius 2 is 1.73 bits per heavy atom. The molecule has 0 spiro atoms. The third-order valence-electron chi connectivity index (χ3n) is 3.52. The summed E-state index contributed by atoms with van der Waals surface area (Å²) in [5.41, 5.74) is -0.976. The minimum atomic E-state index is -1.35. The van der Waals surface area contributed by atoms with Crippen LogP contribution in [0.1, 0.15) is 53.1 Å². The summed E-state index contributed by atoms with van der Waals surface area (Å²) < 4.78 is 12.1. The highest BCUT2D eigenvalue weighted by atomic mass is 16.6. The molecule has 2 aromatic rings. The first kappa shape index (κ1) is 22.9. The number of carboxylic acids is 1. The number of nitrogens with zero attached hydrogens (tertiary/aromatic N) is 2. The van der Waals surface area contributed by atoms with Gasteiger partial charge >= 0.3 is 18.0 Å². The lowest BCUT2D eigenvalue weighted by Gasteiger charge is -2.19. The fourth-order valence-corrected chi connectivity index (χ4v) is 2.57.